The van der Waals surface area contributed by atoms with Crippen molar-refractivity contribution in [1.82, 2.24) is 14.9 Å². The lowest BCUT2D eigenvalue weighted by atomic mass is 10.1. The minimum atomic E-state index is 0.217. The minimum Gasteiger partial charge on any atom is -0.497 e. The van der Waals surface area contributed by atoms with Crippen LogP contribution >= 0.6 is 15.9 Å². The maximum atomic E-state index is 5.30. The molecule has 0 aliphatic carbocycles. The van der Waals surface area contributed by atoms with Gasteiger partial charge in [-0.1, -0.05) is 12.1 Å². The van der Waals surface area contributed by atoms with Crippen molar-refractivity contribution in [3.63, 3.8) is 0 Å². The van der Waals surface area contributed by atoms with Crippen molar-refractivity contribution in [3.8, 4) is 5.75 Å². The first-order chi connectivity index (χ1) is 10.1. The Morgan fingerprint density at radius 2 is 2.10 bits per heavy atom. The zero-order chi connectivity index (χ0) is 15.2. The van der Waals surface area contributed by atoms with Crippen LogP contribution in [0.3, 0.4) is 0 Å². The number of halogens is 1. The molecule has 0 aliphatic rings. The summed E-state index contributed by atoms with van der Waals surface area (Å²) in [4.78, 5) is 10.4. The highest BCUT2D eigenvalue weighted by Crippen LogP contribution is 2.23. The van der Waals surface area contributed by atoms with Gasteiger partial charge in [-0.2, -0.15) is 0 Å². The average molecular weight is 351 g/mol. The van der Waals surface area contributed by atoms with Crippen molar-refractivity contribution in [2.24, 2.45) is 0 Å². The first-order valence-electron chi connectivity index (χ1n) is 6.62. The summed E-state index contributed by atoms with van der Waals surface area (Å²) in [6, 6.07) is 10.2. The lowest BCUT2D eigenvalue weighted by molar-refractivity contribution is 0.310. The Bertz CT molecular complexity index is 591. The zero-order valence-corrected chi connectivity index (χ0v) is 14.0. The quantitative estimate of drug-likeness (QED) is 0.811. The predicted molar refractivity (Wildman–Crippen MR) is 87.6 cm³/mol. The SMILES string of the molecule is COc1cccc(C(CNc2cc(Br)ncn2)N(C)C)c1. The van der Waals surface area contributed by atoms with Crippen molar-refractivity contribution in [3.05, 3.63) is 46.8 Å². The van der Waals surface area contributed by atoms with Gasteiger partial charge in [0.2, 0.25) is 0 Å². The van der Waals surface area contributed by atoms with Gasteiger partial charge in [-0.15, -0.1) is 0 Å². The Kier molecular flexibility index (Phi) is 5.52. The van der Waals surface area contributed by atoms with E-state index in [9.17, 15) is 0 Å². The summed E-state index contributed by atoms with van der Waals surface area (Å²) in [5.74, 6) is 1.66. The van der Waals surface area contributed by atoms with Crippen molar-refractivity contribution in [1.29, 1.82) is 0 Å². The molecule has 0 amide bonds. The molecule has 5 nitrogen and oxygen atoms in total. The van der Waals surface area contributed by atoms with Gasteiger partial charge in [-0.25, -0.2) is 9.97 Å². The number of nitrogens with one attached hydrogen (secondary N) is 1. The molecule has 0 fully saturated rings. The number of ether oxygens (including phenoxy) is 1. The number of nitrogens with zero attached hydrogens (tertiary/aromatic N) is 3. The van der Waals surface area contributed by atoms with E-state index < -0.39 is 0 Å². The van der Waals surface area contributed by atoms with E-state index in [0.29, 0.717) is 0 Å². The van der Waals surface area contributed by atoms with Crippen LogP contribution in [0.15, 0.2) is 41.3 Å². The second-order valence-electron chi connectivity index (χ2n) is 4.86. The summed E-state index contributed by atoms with van der Waals surface area (Å²) in [6.07, 6.45) is 1.53. The molecule has 1 aromatic heterocycles. The summed E-state index contributed by atoms with van der Waals surface area (Å²) < 4.78 is 6.06. The van der Waals surface area contributed by atoms with Gasteiger partial charge in [-0.05, 0) is 47.7 Å². The van der Waals surface area contributed by atoms with E-state index in [1.54, 1.807) is 7.11 Å². The second kappa shape index (κ2) is 7.38. The van der Waals surface area contributed by atoms with Crippen LogP contribution in [-0.4, -0.2) is 42.6 Å². The normalized spacial score (nSPS) is 12.2. The first-order valence-corrected chi connectivity index (χ1v) is 7.41. The lowest BCUT2D eigenvalue weighted by Gasteiger charge is -2.25. The molecule has 6 heteroatoms. The third-order valence-electron chi connectivity index (χ3n) is 3.21. The fourth-order valence-corrected chi connectivity index (χ4v) is 2.39. The van der Waals surface area contributed by atoms with Crippen LogP contribution in [0.25, 0.3) is 0 Å². The lowest BCUT2D eigenvalue weighted by Crippen LogP contribution is -2.27. The van der Waals surface area contributed by atoms with Gasteiger partial charge in [0.15, 0.2) is 0 Å². The summed E-state index contributed by atoms with van der Waals surface area (Å²) in [6.45, 7) is 0.740. The Morgan fingerprint density at radius 1 is 1.29 bits per heavy atom. The van der Waals surface area contributed by atoms with E-state index in [2.05, 4.69) is 62.3 Å². The van der Waals surface area contributed by atoms with Gasteiger partial charge in [0.1, 0.15) is 22.5 Å². The highest BCUT2D eigenvalue weighted by molar-refractivity contribution is 9.10. The van der Waals surface area contributed by atoms with Gasteiger partial charge < -0.3 is 15.0 Å². The Balaban J connectivity index is 2.12. The van der Waals surface area contributed by atoms with Gasteiger partial charge in [0, 0.05) is 12.6 Å². The first kappa shape index (κ1) is 15.7. The van der Waals surface area contributed by atoms with Crippen molar-refractivity contribution in [2.75, 3.05) is 33.1 Å². The summed E-state index contributed by atoms with van der Waals surface area (Å²) in [5.41, 5.74) is 1.19. The topological polar surface area (TPSA) is 50.3 Å². The molecule has 1 atom stereocenters. The van der Waals surface area contributed by atoms with E-state index in [4.69, 9.17) is 4.74 Å². The third-order valence-corrected chi connectivity index (χ3v) is 3.65. The van der Waals surface area contributed by atoms with E-state index in [-0.39, 0.29) is 6.04 Å². The zero-order valence-electron chi connectivity index (χ0n) is 12.4. The van der Waals surface area contributed by atoms with E-state index >= 15 is 0 Å². The van der Waals surface area contributed by atoms with E-state index in [1.807, 2.05) is 18.2 Å². The Labute approximate surface area is 133 Å². The molecule has 0 spiro atoms. The molecule has 1 aromatic carbocycles. The van der Waals surface area contributed by atoms with Crippen LogP contribution in [0, 0.1) is 0 Å². The maximum absolute atomic E-state index is 5.30. The second-order valence-corrected chi connectivity index (χ2v) is 5.68. The number of hydrogen-bond acceptors (Lipinski definition) is 5. The van der Waals surface area contributed by atoms with E-state index in [0.717, 1.165) is 22.7 Å². The molecule has 21 heavy (non-hydrogen) atoms. The summed E-state index contributed by atoms with van der Waals surface area (Å²) in [5, 5.41) is 3.34. The van der Waals surface area contributed by atoms with Crippen molar-refractivity contribution >= 4 is 21.7 Å². The van der Waals surface area contributed by atoms with Gasteiger partial charge in [0.05, 0.1) is 13.2 Å². The Hall–Kier alpha value is -1.66. The highest BCUT2D eigenvalue weighted by atomic mass is 79.9. The maximum Gasteiger partial charge on any atom is 0.130 e. The third kappa shape index (κ3) is 4.41. The predicted octanol–water partition coefficient (Wildman–Crippen LogP) is 2.96. The van der Waals surface area contributed by atoms with Crippen LogP contribution in [0.1, 0.15) is 11.6 Å². The molecule has 0 radical (unpaired) electrons. The number of hydrogen-bond donors (Lipinski definition) is 1. The molecule has 112 valence electrons. The summed E-state index contributed by atoms with van der Waals surface area (Å²) >= 11 is 3.34. The highest BCUT2D eigenvalue weighted by Gasteiger charge is 2.14. The van der Waals surface area contributed by atoms with E-state index in [1.165, 1.54) is 11.9 Å². The minimum absolute atomic E-state index is 0.217. The smallest absolute Gasteiger partial charge is 0.130 e. The number of anilines is 1. The monoisotopic (exact) mass is 350 g/mol. The molecule has 1 unspecified atom stereocenters. The molecular formula is C15H19BrN4O. The molecule has 1 heterocycles. The fraction of sp³-hybridized carbons (Fsp3) is 0.333. The van der Waals surface area contributed by atoms with Crippen LogP contribution in [0.2, 0.25) is 0 Å². The largest absolute Gasteiger partial charge is 0.497 e. The molecule has 2 rings (SSSR count). The van der Waals surface area contributed by atoms with Crippen molar-refractivity contribution in [2.45, 2.75) is 6.04 Å². The molecule has 0 saturated heterocycles. The molecule has 1 N–H and O–H groups in total. The van der Waals surface area contributed by atoms with Crippen LogP contribution in [0.4, 0.5) is 5.82 Å². The summed E-state index contributed by atoms with van der Waals surface area (Å²) in [7, 11) is 5.80. The number of benzene rings is 1. The van der Waals surface area contributed by atoms with Gasteiger partial charge >= 0.3 is 0 Å². The molecule has 0 bridgehead atoms. The number of rotatable bonds is 6. The standard InChI is InChI=1S/C15H19BrN4O/c1-20(2)13(11-5-4-6-12(7-11)21-3)9-17-15-8-14(16)18-10-19-15/h4-8,10,13H,9H2,1-3H3,(H,17,18,19). The number of likely N-dealkylation sites (N-methyl/N-ethyl adjacent to an activating group) is 1. The average Bonchev–Trinajstić information content (AvgIpc) is 2.47. The van der Waals surface area contributed by atoms with Gasteiger partial charge in [0.25, 0.3) is 0 Å². The molecule has 0 saturated carbocycles. The molecule has 2 aromatic rings. The van der Waals surface area contributed by atoms with Crippen LogP contribution in [-0.2, 0) is 0 Å². The van der Waals surface area contributed by atoms with Crippen LogP contribution < -0.4 is 10.1 Å². The molecular weight excluding hydrogens is 332 g/mol. The number of methoxy groups -OCH3 is 1. The fourth-order valence-electron chi connectivity index (χ4n) is 2.08. The number of aromatic nitrogens is 2. The van der Waals surface area contributed by atoms with Crippen molar-refractivity contribution < 1.29 is 4.74 Å². The Morgan fingerprint density at radius 3 is 2.76 bits per heavy atom. The van der Waals surface area contributed by atoms with Gasteiger partial charge in [-0.3, -0.25) is 0 Å². The van der Waals surface area contributed by atoms with Crippen LogP contribution in [0.5, 0.6) is 5.75 Å². The molecule has 0 aliphatic heterocycles.